The zero-order valence-electron chi connectivity index (χ0n) is 10.5. The van der Waals surface area contributed by atoms with Gasteiger partial charge in [-0.05, 0) is 36.7 Å². The largest absolute Gasteiger partial charge is 0.305 e. The molecule has 0 aliphatic carbocycles. The first-order valence-electron chi connectivity index (χ1n) is 5.97. The van der Waals surface area contributed by atoms with Gasteiger partial charge in [0, 0.05) is 18.6 Å². The first kappa shape index (κ1) is 12.6. The third kappa shape index (κ3) is 2.71. The number of nitrogens with one attached hydrogen (secondary N) is 1. The zero-order valence-corrected chi connectivity index (χ0v) is 10.5. The van der Waals surface area contributed by atoms with Crippen molar-refractivity contribution in [2.45, 2.75) is 19.9 Å². The molecule has 0 saturated carbocycles. The summed E-state index contributed by atoms with van der Waals surface area (Å²) in [6.07, 6.45) is 5.13. The molecule has 94 valence electrons. The number of pyridine rings is 2. The van der Waals surface area contributed by atoms with E-state index in [-0.39, 0.29) is 11.9 Å². The summed E-state index contributed by atoms with van der Waals surface area (Å²) in [6, 6.07) is 4.75. The van der Waals surface area contributed by atoms with Crippen molar-refractivity contribution in [3.05, 3.63) is 59.4 Å². The second-order valence-corrected chi connectivity index (χ2v) is 4.16. The van der Waals surface area contributed by atoms with Crippen LogP contribution in [0.2, 0.25) is 0 Å². The Labute approximate surface area is 106 Å². The van der Waals surface area contributed by atoms with Crippen molar-refractivity contribution >= 4 is 0 Å². The SMILES string of the molecule is CCNC(c1cncc(C)c1)c1ncccc1F. The molecule has 3 nitrogen and oxygen atoms in total. The zero-order chi connectivity index (χ0) is 13.0. The molecule has 0 radical (unpaired) electrons. The Morgan fingerprint density at radius 3 is 2.89 bits per heavy atom. The number of aromatic nitrogens is 2. The maximum atomic E-state index is 13.8. The Hall–Kier alpha value is -1.81. The highest BCUT2D eigenvalue weighted by Gasteiger charge is 2.18. The van der Waals surface area contributed by atoms with Gasteiger partial charge in [0.1, 0.15) is 5.82 Å². The van der Waals surface area contributed by atoms with E-state index in [0.717, 1.165) is 17.7 Å². The molecule has 0 amide bonds. The predicted octanol–water partition coefficient (Wildman–Crippen LogP) is 2.62. The Morgan fingerprint density at radius 2 is 2.22 bits per heavy atom. The molecule has 4 heteroatoms. The second-order valence-electron chi connectivity index (χ2n) is 4.16. The van der Waals surface area contributed by atoms with Gasteiger partial charge in [0.2, 0.25) is 0 Å². The molecule has 0 spiro atoms. The summed E-state index contributed by atoms with van der Waals surface area (Å²) in [6.45, 7) is 4.68. The average Bonchev–Trinajstić information content (AvgIpc) is 2.37. The number of nitrogens with zero attached hydrogens (tertiary/aromatic N) is 2. The van der Waals surface area contributed by atoms with Crippen LogP contribution < -0.4 is 5.32 Å². The van der Waals surface area contributed by atoms with Crippen molar-refractivity contribution in [2.24, 2.45) is 0 Å². The molecule has 0 fully saturated rings. The fourth-order valence-corrected chi connectivity index (χ4v) is 1.92. The van der Waals surface area contributed by atoms with Crippen molar-refractivity contribution in [1.29, 1.82) is 0 Å². The number of hydrogen-bond acceptors (Lipinski definition) is 3. The van der Waals surface area contributed by atoms with Gasteiger partial charge in [0.25, 0.3) is 0 Å². The summed E-state index contributed by atoms with van der Waals surface area (Å²) in [5.74, 6) is -0.301. The lowest BCUT2D eigenvalue weighted by atomic mass is 10.0. The Balaban J connectivity index is 2.43. The summed E-state index contributed by atoms with van der Waals surface area (Å²) in [4.78, 5) is 8.29. The van der Waals surface area contributed by atoms with Gasteiger partial charge in [-0.25, -0.2) is 4.39 Å². The van der Waals surface area contributed by atoms with Crippen molar-refractivity contribution in [3.8, 4) is 0 Å². The molecule has 0 aliphatic heterocycles. The summed E-state index contributed by atoms with van der Waals surface area (Å²) >= 11 is 0. The normalized spacial score (nSPS) is 12.4. The number of aryl methyl sites for hydroxylation is 1. The van der Waals surface area contributed by atoms with Crippen LogP contribution in [0.25, 0.3) is 0 Å². The lowest BCUT2D eigenvalue weighted by Crippen LogP contribution is -2.24. The molecule has 2 heterocycles. The highest BCUT2D eigenvalue weighted by Crippen LogP contribution is 2.22. The van der Waals surface area contributed by atoms with Crippen LogP contribution in [0, 0.1) is 12.7 Å². The smallest absolute Gasteiger partial charge is 0.146 e. The van der Waals surface area contributed by atoms with Crippen LogP contribution in [0.5, 0.6) is 0 Å². The first-order valence-corrected chi connectivity index (χ1v) is 5.97. The van der Waals surface area contributed by atoms with E-state index >= 15 is 0 Å². The number of rotatable bonds is 4. The van der Waals surface area contributed by atoms with E-state index in [0.29, 0.717) is 5.69 Å². The number of hydrogen-bond donors (Lipinski definition) is 1. The van der Waals surface area contributed by atoms with E-state index < -0.39 is 0 Å². The fraction of sp³-hybridized carbons (Fsp3) is 0.286. The topological polar surface area (TPSA) is 37.8 Å². The Kier molecular flexibility index (Phi) is 3.99. The number of halogens is 1. The summed E-state index contributed by atoms with van der Waals surface area (Å²) in [7, 11) is 0. The van der Waals surface area contributed by atoms with Crippen molar-refractivity contribution < 1.29 is 4.39 Å². The van der Waals surface area contributed by atoms with E-state index in [2.05, 4.69) is 15.3 Å². The first-order chi connectivity index (χ1) is 8.72. The van der Waals surface area contributed by atoms with E-state index in [1.54, 1.807) is 24.7 Å². The van der Waals surface area contributed by atoms with Crippen LogP contribution in [0.3, 0.4) is 0 Å². The molecule has 2 rings (SSSR count). The highest BCUT2D eigenvalue weighted by molar-refractivity contribution is 5.28. The molecule has 2 aromatic rings. The molecule has 2 aromatic heterocycles. The van der Waals surface area contributed by atoms with Crippen LogP contribution in [-0.4, -0.2) is 16.5 Å². The fourth-order valence-electron chi connectivity index (χ4n) is 1.92. The molecular weight excluding hydrogens is 229 g/mol. The minimum absolute atomic E-state index is 0.261. The van der Waals surface area contributed by atoms with Crippen LogP contribution in [0.1, 0.15) is 29.8 Å². The van der Waals surface area contributed by atoms with Crippen molar-refractivity contribution in [3.63, 3.8) is 0 Å². The van der Waals surface area contributed by atoms with Crippen molar-refractivity contribution in [1.82, 2.24) is 15.3 Å². The average molecular weight is 245 g/mol. The lowest BCUT2D eigenvalue weighted by Gasteiger charge is -2.18. The monoisotopic (exact) mass is 245 g/mol. The summed E-state index contributed by atoms with van der Waals surface area (Å²) < 4.78 is 13.8. The highest BCUT2D eigenvalue weighted by atomic mass is 19.1. The summed E-state index contributed by atoms with van der Waals surface area (Å²) in [5, 5.41) is 3.24. The Morgan fingerprint density at radius 1 is 1.39 bits per heavy atom. The quantitative estimate of drug-likeness (QED) is 0.899. The Bertz CT molecular complexity index is 528. The van der Waals surface area contributed by atoms with E-state index in [4.69, 9.17) is 0 Å². The van der Waals surface area contributed by atoms with Crippen LogP contribution >= 0.6 is 0 Å². The standard InChI is InChI=1S/C14H16FN3/c1-3-17-13(11-7-10(2)8-16-9-11)14-12(15)5-4-6-18-14/h4-9,13,17H,3H2,1-2H3. The molecule has 18 heavy (non-hydrogen) atoms. The van der Waals surface area contributed by atoms with Crippen LogP contribution in [0.4, 0.5) is 4.39 Å². The van der Waals surface area contributed by atoms with E-state index in [9.17, 15) is 4.39 Å². The van der Waals surface area contributed by atoms with Gasteiger partial charge in [0.15, 0.2) is 0 Å². The van der Waals surface area contributed by atoms with Gasteiger partial charge in [0.05, 0.1) is 11.7 Å². The van der Waals surface area contributed by atoms with Crippen LogP contribution in [-0.2, 0) is 0 Å². The van der Waals surface area contributed by atoms with Gasteiger partial charge in [-0.1, -0.05) is 13.0 Å². The van der Waals surface area contributed by atoms with Crippen molar-refractivity contribution in [2.75, 3.05) is 6.54 Å². The maximum absolute atomic E-state index is 13.8. The second kappa shape index (κ2) is 5.69. The molecule has 0 saturated heterocycles. The molecule has 1 atom stereocenters. The lowest BCUT2D eigenvalue weighted by molar-refractivity contribution is 0.542. The minimum atomic E-state index is -0.301. The van der Waals surface area contributed by atoms with E-state index in [1.165, 1.54) is 6.07 Å². The minimum Gasteiger partial charge on any atom is -0.305 e. The molecular formula is C14H16FN3. The third-order valence-electron chi connectivity index (χ3n) is 2.70. The third-order valence-corrected chi connectivity index (χ3v) is 2.70. The van der Waals surface area contributed by atoms with Gasteiger partial charge < -0.3 is 5.32 Å². The van der Waals surface area contributed by atoms with E-state index in [1.807, 2.05) is 19.9 Å². The summed E-state index contributed by atoms with van der Waals surface area (Å²) in [5.41, 5.74) is 2.38. The maximum Gasteiger partial charge on any atom is 0.146 e. The van der Waals surface area contributed by atoms with Gasteiger partial charge in [-0.2, -0.15) is 0 Å². The molecule has 0 aliphatic rings. The molecule has 1 N–H and O–H groups in total. The predicted molar refractivity (Wildman–Crippen MR) is 68.7 cm³/mol. The molecule has 1 unspecified atom stereocenters. The van der Waals surface area contributed by atoms with Crippen LogP contribution in [0.15, 0.2) is 36.8 Å². The molecule has 0 aromatic carbocycles. The van der Waals surface area contributed by atoms with Gasteiger partial charge in [-0.3, -0.25) is 9.97 Å². The van der Waals surface area contributed by atoms with Gasteiger partial charge >= 0.3 is 0 Å². The van der Waals surface area contributed by atoms with Gasteiger partial charge in [-0.15, -0.1) is 0 Å². The molecule has 0 bridgehead atoms.